The van der Waals surface area contributed by atoms with Crippen molar-refractivity contribution in [1.82, 2.24) is 4.72 Å². The Bertz CT molecular complexity index is 1100. The molecule has 172 valence electrons. The van der Waals surface area contributed by atoms with Crippen LogP contribution >= 0.6 is 0 Å². The predicted molar refractivity (Wildman–Crippen MR) is 118 cm³/mol. The molecule has 0 unspecified atom stereocenters. The smallest absolute Gasteiger partial charge is 0.240 e. The lowest BCUT2D eigenvalue weighted by molar-refractivity contribution is -0.116. The van der Waals surface area contributed by atoms with Crippen LogP contribution in [0.4, 0.5) is 11.4 Å². The van der Waals surface area contributed by atoms with Crippen molar-refractivity contribution in [3.8, 4) is 17.2 Å². The van der Waals surface area contributed by atoms with E-state index in [2.05, 4.69) is 15.4 Å². The number of amides is 2. The van der Waals surface area contributed by atoms with Crippen LogP contribution in [0.3, 0.4) is 0 Å². The molecule has 0 fully saturated rings. The third-order valence-corrected chi connectivity index (χ3v) is 5.93. The van der Waals surface area contributed by atoms with E-state index in [1.165, 1.54) is 26.2 Å². The van der Waals surface area contributed by atoms with Crippen LogP contribution in [0.5, 0.6) is 17.2 Å². The van der Waals surface area contributed by atoms with Crippen LogP contribution in [-0.2, 0) is 19.6 Å². The number of anilines is 2. The highest BCUT2D eigenvalue weighted by Gasteiger charge is 2.19. The van der Waals surface area contributed by atoms with Crippen LogP contribution in [0.25, 0.3) is 0 Å². The lowest BCUT2D eigenvalue weighted by Crippen LogP contribution is -2.28. The molecule has 0 bridgehead atoms. The molecule has 0 atom stereocenters. The molecule has 10 nitrogen and oxygen atoms in total. The van der Waals surface area contributed by atoms with Gasteiger partial charge < -0.3 is 24.8 Å². The number of hydrogen-bond donors (Lipinski definition) is 3. The Hall–Kier alpha value is -3.31. The lowest BCUT2D eigenvalue weighted by atomic mass is 10.2. The first kappa shape index (κ1) is 23.4. The first-order chi connectivity index (χ1) is 15.3. The molecule has 2 aromatic carbocycles. The van der Waals surface area contributed by atoms with E-state index in [1.54, 1.807) is 24.3 Å². The second kappa shape index (κ2) is 10.3. The third kappa shape index (κ3) is 6.11. The Balaban J connectivity index is 1.60. The third-order valence-electron chi connectivity index (χ3n) is 4.47. The fourth-order valence-corrected chi connectivity index (χ4v) is 4.04. The van der Waals surface area contributed by atoms with Gasteiger partial charge in [0.15, 0.2) is 11.5 Å². The molecule has 3 rings (SSSR count). The maximum atomic E-state index is 12.6. The molecular formula is C21H25N3O7S. The van der Waals surface area contributed by atoms with E-state index < -0.39 is 15.9 Å². The lowest BCUT2D eigenvalue weighted by Gasteiger charge is -2.13. The van der Waals surface area contributed by atoms with E-state index in [0.717, 1.165) is 0 Å². The standard InChI is InChI=1S/C21H25N3O7S/c1-14(25)23-15-4-6-18(29-2)17(12-15)24-21(26)8-9-22-32(27,28)16-5-7-19-20(13-16)31-11-3-10-30-19/h4-7,12-13,22H,3,8-11H2,1-2H3,(H,23,25)(H,24,26). The number of ether oxygens (including phenoxy) is 3. The van der Waals surface area contributed by atoms with Crippen molar-refractivity contribution in [1.29, 1.82) is 0 Å². The van der Waals surface area contributed by atoms with E-state index in [4.69, 9.17) is 14.2 Å². The van der Waals surface area contributed by atoms with Crippen LogP contribution in [0.2, 0.25) is 0 Å². The fraction of sp³-hybridized carbons (Fsp3) is 0.333. The summed E-state index contributed by atoms with van der Waals surface area (Å²) in [6, 6.07) is 9.18. The second-order valence-corrected chi connectivity index (χ2v) is 8.72. The van der Waals surface area contributed by atoms with E-state index in [9.17, 15) is 18.0 Å². The Morgan fingerprint density at radius 1 is 1.03 bits per heavy atom. The van der Waals surface area contributed by atoms with Crippen molar-refractivity contribution < 1.29 is 32.2 Å². The molecule has 0 aromatic heterocycles. The summed E-state index contributed by atoms with van der Waals surface area (Å²) in [4.78, 5) is 23.6. The molecule has 2 aromatic rings. The van der Waals surface area contributed by atoms with Gasteiger partial charge in [-0.15, -0.1) is 0 Å². The van der Waals surface area contributed by atoms with Gasteiger partial charge in [0.2, 0.25) is 21.8 Å². The molecule has 0 saturated heterocycles. The van der Waals surface area contributed by atoms with E-state index in [-0.39, 0.29) is 23.8 Å². The zero-order valence-corrected chi connectivity index (χ0v) is 18.6. The molecule has 11 heteroatoms. The fourth-order valence-electron chi connectivity index (χ4n) is 2.99. The zero-order valence-electron chi connectivity index (χ0n) is 17.8. The minimum atomic E-state index is -3.84. The summed E-state index contributed by atoms with van der Waals surface area (Å²) in [5.41, 5.74) is 0.846. The van der Waals surface area contributed by atoms with E-state index >= 15 is 0 Å². The van der Waals surface area contributed by atoms with Crippen LogP contribution < -0.4 is 29.6 Å². The molecule has 1 aliphatic rings. The molecule has 0 radical (unpaired) electrons. The summed E-state index contributed by atoms with van der Waals surface area (Å²) in [7, 11) is -2.39. The Morgan fingerprint density at radius 2 is 1.78 bits per heavy atom. The molecule has 2 amide bonds. The van der Waals surface area contributed by atoms with E-state index in [1.807, 2.05) is 0 Å². The van der Waals surface area contributed by atoms with Crippen LogP contribution in [0.15, 0.2) is 41.3 Å². The van der Waals surface area contributed by atoms with Gasteiger partial charge >= 0.3 is 0 Å². The molecule has 0 spiro atoms. The SMILES string of the molecule is COc1ccc(NC(C)=O)cc1NC(=O)CCNS(=O)(=O)c1ccc2c(c1)OCCCO2. The van der Waals surface area contributed by atoms with Crippen LogP contribution in [0.1, 0.15) is 19.8 Å². The molecule has 32 heavy (non-hydrogen) atoms. The summed E-state index contributed by atoms with van der Waals surface area (Å²) < 4.78 is 43.8. The summed E-state index contributed by atoms with van der Waals surface area (Å²) in [5, 5.41) is 5.28. The van der Waals surface area contributed by atoms with Crippen molar-refractivity contribution >= 4 is 33.2 Å². The van der Waals surface area contributed by atoms with Crippen molar-refractivity contribution in [2.75, 3.05) is 37.5 Å². The maximum absolute atomic E-state index is 12.6. The number of methoxy groups -OCH3 is 1. The summed E-state index contributed by atoms with van der Waals surface area (Å²) in [5.74, 6) is 0.590. The first-order valence-corrected chi connectivity index (χ1v) is 11.4. The number of hydrogen-bond acceptors (Lipinski definition) is 7. The minimum Gasteiger partial charge on any atom is -0.495 e. The van der Waals surface area contributed by atoms with Crippen LogP contribution in [-0.4, -0.2) is 47.1 Å². The Morgan fingerprint density at radius 3 is 2.50 bits per heavy atom. The quantitative estimate of drug-likeness (QED) is 0.546. The summed E-state index contributed by atoms with van der Waals surface area (Å²) >= 11 is 0. The van der Waals surface area contributed by atoms with Gasteiger partial charge in [0.25, 0.3) is 0 Å². The molecule has 3 N–H and O–H groups in total. The highest BCUT2D eigenvalue weighted by atomic mass is 32.2. The molecule has 1 aliphatic heterocycles. The minimum absolute atomic E-state index is 0.0202. The number of carbonyl (C=O) groups excluding carboxylic acids is 2. The number of carbonyl (C=O) groups is 2. The zero-order chi connectivity index (χ0) is 23.1. The van der Waals surface area contributed by atoms with Gasteiger partial charge in [-0.05, 0) is 30.3 Å². The Labute approximate surface area is 186 Å². The number of sulfonamides is 1. The summed E-state index contributed by atoms with van der Waals surface area (Å²) in [6.07, 6.45) is 0.597. The largest absolute Gasteiger partial charge is 0.495 e. The number of benzene rings is 2. The number of nitrogens with one attached hydrogen (secondary N) is 3. The van der Waals surface area contributed by atoms with Gasteiger partial charge in [0.1, 0.15) is 5.75 Å². The molecule has 1 heterocycles. The van der Waals surface area contributed by atoms with Gasteiger partial charge in [-0.3, -0.25) is 9.59 Å². The second-order valence-electron chi connectivity index (χ2n) is 6.95. The van der Waals surface area contributed by atoms with Crippen molar-refractivity contribution in [3.05, 3.63) is 36.4 Å². The van der Waals surface area contributed by atoms with Crippen molar-refractivity contribution in [3.63, 3.8) is 0 Å². The highest BCUT2D eigenvalue weighted by Crippen LogP contribution is 2.32. The molecule has 0 aliphatic carbocycles. The normalized spacial score (nSPS) is 13.1. The van der Waals surface area contributed by atoms with Gasteiger partial charge in [0.05, 0.1) is 30.9 Å². The topological polar surface area (TPSA) is 132 Å². The Kier molecular flexibility index (Phi) is 7.54. The van der Waals surface area contributed by atoms with Gasteiger partial charge in [-0.2, -0.15) is 0 Å². The maximum Gasteiger partial charge on any atom is 0.240 e. The van der Waals surface area contributed by atoms with Gasteiger partial charge in [-0.1, -0.05) is 0 Å². The predicted octanol–water partition coefficient (Wildman–Crippen LogP) is 2.12. The van der Waals surface area contributed by atoms with Crippen molar-refractivity contribution in [2.24, 2.45) is 0 Å². The highest BCUT2D eigenvalue weighted by molar-refractivity contribution is 7.89. The average Bonchev–Trinajstić information content (AvgIpc) is 2.98. The van der Waals surface area contributed by atoms with E-state index in [0.29, 0.717) is 48.3 Å². The number of rotatable bonds is 8. The average molecular weight is 464 g/mol. The van der Waals surface area contributed by atoms with Gasteiger partial charge in [0, 0.05) is 38.1 Å². The van der Waals surface area contributed by atoms with Crippen molar-refractivity contribution in [2.45, 2.75) is 24.7 Å². The number of fused-ring (bicyclic) bond motifs is 1. The monoisotopic (exact) mass is 463 g/mol. The molecule has 0 saturated carbocycles. The summed E-state index contributed by atoms with van der Waals surface area (Å²) in [6.45, 7) is 2.20. The van der Waals surface area contributed by atoms with Crippen LogP contribution in [0, 0.1) is 0 Å². The van der Waals surface area contributed by atoms with Gasteiger partial charge in [-0.25, -0.2) is 13.1 Å². The molecular weight excluding hydrogens is 438 g/mol. The first-order valence-electron chi connectivity index (χ1n) is 9.93.